The minimum absolute atomic E-state index is 0.0919. The first-order valence-electron chi connectivity index (χ1n) is 17.9. The maximum Gasteiger partial charge on any atom is 0.309 e. The van der Waals surface area contributed by atoms with E-state index in [4.69, 9.17) is 9.47 Å². The molecular formula is C37H60O6. The molecule has 7 atom stereocenters. The van der Waals surface area contributed by atoms with E-state index in [-0.39, 0.29) is 28.7 Å². The summed E-state index contributed by atoms with van der Waals surface area (Å²) < 4.78 is 13.0. The Balaban J connectivity index is 1.26. The summed E-state index contributed by atoms with van der Waals surface area (Å²) in [6, 6.07) is 0. The van der Waals surface area contributed by atoms with Gasteiger partial charge in [-0.1, -0.05) is 34.6 Å². The van der Waals surface area contributed by atoms with Crippen molar-refractivity contribution in [1.82, 2.24) is 0 Å². The Morgan fingerprint density at radius 3 is 2.12 bits per heavy atom. The van der Waals surface area contributed by atoms with Crippen molar-refractivity contribution < 1.29 is 29.0 Å². The average Bonchev–Trinajstić information content (AvgIpc) is 2.94. The van der Waals surface area contributed by atoms with Crippen LogP contribution in [0.15, 0.2) is 0 Å². The van der Waals surface area contributed by atoms with Gasteiger partial charge in [-0.25, -0.2) is 0 Å². The Kier molecular flexibility index (Phi) is 8.99. The number of ketones is 1. The van der Waals surface area contributed by atoms with Crippen LogP contribution in [-0.4, -0.2) is 39.6 Å². The van der Waals surface area contributed by atoms with E-state index in [0.29, 0.717) is 42.8 Å². The lowest BCUT2D eigenvalue weighted by molar-refractivity contribution is -0.245. The molecule has 0 aromatic heterocycles. The first kappa shape index (κ1) is 32.9. The molecule has 1 N–H and O–H groups in total. The number of hydrogen-bond acceptors (Lipinski definition) is 6. The molecule has 6 nitrogen and oxygen atoms in total. The molecule has 6 fully saturated rings. The summed E-state index contributed by atoms with van der Waals surface area (Å²) in [7, 11) is 0. The van der Waals surface area contributed by atoms with Crippen LogP contribution in [0, 0.1) is 46.3 Å². The van der Waals surface area contributed by atoms with E-state index in [9.17, 15) is 19.5 Å². The minimum Gasteiger partial charge on any atom is -0.459 e. The molecule has 6 rings (SSSR count). The van der Waals surface area contributed by atoms with Crippen LogP contribution in [0.25, 0.3) is 0 Å². The molecule has 6 aliphatic carbocycles. The van der Waals surface area contributed by atoms with Crippen LogP contribution >= 0.6 is 0 Å². The minimum atomic E-state index is -0.692. The highest BCUT2D eigenvalue weighted by molar-refractivity contribution is 5.82. The van der Waals surface area contributed by atoms with Crippen molar-refractivity contribution in [2.24, 2.45) is 46.3 Å². The Labute approximate surface area is 260 Å². The number of aliphatic hydroxyl groups is 1. The number of Topliss-reactive ketones (excluding diaryl/α,β-unsaturated/α-hetero) is 1. The van der Waals surface area contributed by atoms with Crippen LogP contribution in [0.4, 0.5) is 0 Å². The van der Waals surface area contributed by atoms with Gasteiger partial charge in [0.05, 0.1) is 17.4 Å². The van der Waals surface area contributed by atoms with Crippen molar-refractivity contribution in [3.05, 3.63) is 0 Å². The smallest absolute Gasteiger partial charge is 0.309 e. The molecule has 6 aliphatic rings. The molecule has 0 aromatic rings. The van der Waals surface area contributed by atoms with Gasteiger partial charge in [-0.05, 0) is 128 Å². The molecule has 0 spiro atoms. The summed E-state index contributed by atoms with van der Waals surface area (Å²) >= 11 is 0. The maximum atomic E-state index is 13.8. The third kappa shape index (κ3) is 5.74. The topological polar surface area (TPSA) is 89.9 Å². The van der Waals surface area contributed by atoms with Gasteiger partial charge >= 0.3 is 11.9 Å². The Bertz CT molecular complexity index is 1060. The van der Waals surface area contributed by atoms with Gasteiger partial charge in [-0.2, -0.15) is 0 Å². The second-order valence-corrected chi connectivity index (χ2v) is 16.6. The van der Waals surface area contributed by atoms with Gasteiger partial charge in [0, 0.05) is 23.2 Å². The second-order valence-electron chi connectivity index (χ2n) is 16.6. The fraction of sp³-hybridized carbons (Fsp3) is 0.919. The zero-order valence-electron chi connectivity index (χ0n) is 28.3. The van der Waals surface area contributed by atoms with E-state index in [1.165, 1.54) is 6.42 Å². The largest absolute Gasteiger partial charge is 0.459 e. The van der Waals surface area contributed by atoms with E-state index in [1.54, 1.807) is 0 Å². The monoisotopic (exact) mass is 600 g/mol. The Morgan fingerprint density at radius 2 is 1.56 bits per heavy atom. The van der Waals surface area contributed by atoms with Crippen molar-refractivity contribution in [3.63, 3.8) is 0 Å². The van der Waals surface area contributed by atoms with Gasteiger partial charge in [-0.3, -0.25) is 14.4 Å². The highest BCUT2D eigenvalue weighted by atomic mass is 16.6. The molecule has 43 heavy (non-hydrogen) atoms. The second kappa shape index (κ2) is 11.7. The number of esters is 2. The Hall–Kier alpha value is -1.43. The maximum absolute atomic E-state index is 13.8. The van der Waals surface area contributed by atoms with E-state index in [1.807, 2.05) is 27.7 Å². The number of rotatable bonds is 12. The fourth-order valence-electron chi connectivity index (χ4n) is 11.6. The number of ether oxygens (including phenoxy) is 2. The van der Waals surface area contributed by atoms with Crippen LogP contribution in [0.1, 0.15) is 151 Å². The molecule has 0 aliphatic heterocycles. The number of fused-ring (bicyclic) bond motifs is 2. The predicted molar refractivity (Wildman–Crippen MR) is 167 cm³/mol. The zero-order chi connectivity index (χ0) is 31.4. The molecule has 6 heteroatoms. The van der Waals surface area contributed by atoms with E-state index >= 15 is 0 Å². The van der Waals surface area contributed by atoms with Gasteiger partial charge in [0.25, 0.3) is 0 Å². The van der Waals surface area contributed by atoms with Gasteiger partial charge in [0.2, 0.25) is 0 Å². The van der Waals surface area contributed by atoms with Gasteiger partial charge in [0.15, 0.2) is 0 Å². The molecule has 6 bridgehead atoms. The summed E-state index contributed by atoms with van der Waals surface area (Å²) in [5.74, 6) is 0.773. The predicted octanol–water partition coefficient (Wildman–Crippen LogP) is 7.97. The van der Waals surface area contributed by atoms with Crippen LogP contribution in [0.3, 0.4) is 0 Å². The molecule has 244 valence electrons. The molecule has 7 unspecified atom stereocenters. The highest BCUT2D eigenvalue weighted by Crippen LogP contribution is 2.67. The Morgan fingerprint density at radius 1 is 0.907 bits per heavy atom. The normalized spacial score (nSPS) is 38.5. The van der Waals surface area contributed by atoms with Crippen LogP contribution in [-0.2, 0) is 23.9 Å². The van der Waals surface area contributed by atoms with Crippen molar-refractivity contribution in [1.29, 1.82) is 0 Å². The third-order valence-electron chi connectivity index (χ3n) is 13.8. The number of carbonyl (C=O) groups excluding carboxylic acids is 3. The quantitative estimate of drug-likeness (QED) is 0.229. The standard InChI is InChI=1S/C37H60O6/c1-8-28(32(40)42-33(6,7)34(9-2)17-25-12-13-30(38)29(16-25)22-34)14-24(5)31(39)43-37(10-3,11-4)35-18-26-15-27(19-35)21-36(41,20-26)23-35/h24-29,41H,8-23H2,1-7H3. The van der Waals surface area contributed by atoms with Gasteiger partial charge < -0.3 is 14.6 Å². The first-order valence-corrected chi connectivity index (χ1v) is 17.9. The molecule has 0 aromatic carbocycles. The lowest BCUT2D eigenvalue weighted by atomic mass is 9.43. The molecule has 0 saturated heterocycles. The van der Waals surface area contributed by atoms with E-state index in [0.717, 1.165) is 77.0 Å². The van der Waals surface area contributed by atoms with Crippen molar-refractivity contribution >= 4 is 17.7 Å². The molecule has 0 heterocycles. The lowest BCUT2D eigenvalue weighted by Gasteiger charge is -2.65. The number of carbonyl (C=O) groups is 3. The summed E-state index contributed by atoms with van der Waals surface area (Å²) in [6.45, 7) is 14.4. The summed E-state index contributed by atoms with van der Waals surface area (Å²) in [5.41, 5.74) is -2.26. The third-order valence-corrected chi connectivity index (χ3v) is 13.8. The highest BCUT2D eigenvalue weighted by Gasteiger charge is 2.65. The lowest BCUT2D eigenvalue weighted by Crippen LogP contribution is -2.64. The van der Waals surface area contributed by atoms with Gasteiger partial charge in [-0.15, -0.1) is 0 Å². The van der Waals surface area contributed by atoms with Crippen LogP contribution in [0.5, 0.6) is 0 Å². The summed E-state index contributed by atoms with van der Waals surface area (Å²) in [5, 5.41) is 11.5. The zero-order valence-corrected chi connectivity index (χ0v) is 28.3. The SMILES string of the molecule is CCC(CC(C)C(=O)OC(CC)(CC)C12CC3CC(CC(O)(C3)C1)C2)C(=O)OC(C)(C)C1(CC)CC2CCC(=O)C(C2)C1. The van der Waals surface area contributed by atoms with Crippen LogP contribution < -0.4 is 0 Å². The van der Waals surface area contributed by atoms with Crippen molar-refractivity contribution in [2.75, 3.05) is 0 Å². The van der Waals surface area contributed by atoms with Gasteiger partial charge in [0.1, 0.15) is 17.0 Å². The summed E-state index contributed by atoms with van der Waals surface area (Å²) in [4.78, 5) is 40.2. The van der Waals surface area contributed by atoms with E-state index in [2.05, 4.69) is 20.8 Å². The number of hydrogen-bond donors (Lipinski definition) is 1. The summed E-state index contributed by atoms with van der Waals surface area (Å²) in [6.07, 6.45) is 13.6. The molecule has 6 saturated carbocycles. The molecule has 0 radical (unpaired) electrons. The van der Waals surface area contributed by atoms with E-state index < -0.39 is 28.6 Å². The molecule has 0 amide bonds. The average molecular weight is 601 g/mol. The first-order chi connectivity index (χ1) is 20.2. The van der Waals surface area contributed by atoms with Crippen LogP contribution in [0.2, 0.25) is 0 Å². The molecular weight excluding hydrogens is 540 g/mol. The van der Waals surface area contributed by atoms with Crippen molar-refractivity contribution in [3.8, 4) is 0 Å². The van der Waals surface area contributed by atoms with Crippen molar-refractivity contribution in [2.45, 2.75) is 168 Å². The fourth-order valence-corrected chi connectivity index (χ4v) is 11.6.